The number of esters is 1. The zero-order chi connectivity index (χ0) is 17.7. The number of amides is 1. The molecule has 1 amide bonds. The van der Waals surface area contributed by atoms with Gasteiger partial charge >= 0.3 is 5.97 Å². The third-order valence-electron chi connectivity index (χ3n) is 3.43. The van der Waals surface area contributed by atoms with Crippen molar-refractivity contribution in [2.45, 2.75) is 20.8 Å². The largest absolute Gasteiger partial charge is 0.466 e. The average Bonchev–Trinajstić information content (AvgIpc) is 2.83. The summed E-state index contributed by atoms with van der Waals surface area (Å²) in [6.07, 6.45) is 2.80. The first-order chi connectivity index (χ1) is 11.4. The number of hydrogen-bond donors (Lipinski definition) is 2. The van der Waals surface area contributed by atoms with Crippen molar-refractivity contribution in [1.82, 2.24) is 15.3 Å². The molecule has 7 nitrogen and oxygen atoms in total. The topological polar surface area (TPSA) is 93.2 Å². The van der Waals surface area contributed by atoms with Crippen molar-refractivity contribution >= 4 is 39.2 Å². The predicted molar refractivity (Wildman–Crippen MR) is 94.3 cm³/mol. The molecule has 128 valence electrons. The minimum absolute atomic E-state index is 0.0892. The number of carbonyl (C=O) groups excluding carboxylic acids is 2. The molecule has 0 unspecified atom stereocenters. The standard InChI is InChI=1S/C16H20N4O3S/c1-9-10(2)24-16-14(9)15(19-11(3)20-16)18-8-12(21)17-7-5-6-13(22)23-4/h5-6H,7-8H2,1-4H3,(H,17,21)(H,18,19,20)/b6-5+. The molecule has 2 heterocycles. The molecule has 2 aromatic rings. The third-order valence-corrected chi connectivity index (χ3v) is 4.53. The number of aryl methyl sites for hydroxylation is 3. The Bertz CT molecular complexity index is 798. The van der Waals surface area contributed by atoms with Crippen molar-refractivity contribution in [3.63, 3.8) is 0 Å². The van der Waals surface area contributed by atoms with E-state index < -0.39 is 5.97 Å². The third kappa shape index (κ3) is 4.29. The molecule has 8 heteroatoms. The number of nitrogens with one attached hydrogen (secondary N) is 2. The van der Waals surface area contributed by atoms with Crippen LogP contribution in [0.3, 0.4) is 0 Å². The Balaban J connectivity index is 1.99. The van der Waals surface area contributed by atoms with Crippen LogP contribution in [0.1, 0.15) is 16.3 Å². The van der Waals surface area contributed by atoms with Crippen molar-refractivity contribution in [2.75, 3.05) is 25.5 Å². The van der Waals surface area contributed by atoms with E-state index in [-0.39, 0.29) is 19.0 Å². The van der Waals surface area contributed by atoms with Crippen molar-refractivity contribution in [3.05, 3.63) is 28.4 Å². The molecule has 0 aliphatic rings. The molecule has 0 aliphatic heterocycles. The molecule has 0 radical (unpaired) electrons. The monoisotopic (exact) mass is 348 g/mol. The van der Waals surface area contributed by atoms with Gasteiger partial charge in [-0.2, -0.15) is 0 Å². The van der Waals surface area contributed by atoms with Gasteiger partial charge < -0.3 is 15.4 Å². The molecular formula is C16H20N4O3S. The summed E-state index contributed by atoms with van der Waals surface area (Å²) in [4.78, 5) is 33.7. The van der Waals surface area contributed by atoms with Crippen LogP contribution >= 0.6 is 11.3 Å². The lowest BCUT2D eigenvalue weighted by atomic mass is 10.2. The number of carbonyl (C=O) groups is 2. The molecule has 0 aromatic carbocycles. The summed E-state index contributed by atoms with van der Waals surface area (Å²) in [6, 6.07) is 0. The maximum absolute atomic E-state index is 11.9. The Morgan fingerprint density at radius 3 is 2.71 bits per heavy atom. The van der Waals surface area contributed by atoms with E-state index >= 15 is 0 Å². The minimum Gasteiger partial charge on any atom is -0.466 e. The van der Waals surface area contributed by atoms with Gasteiger partial charge in [-0.25, -0.2) is 14.8 Å². The number of hydrogen-bond acceptors (Lipinski definition) is 7. The van der Waals surface area contributed by atoms with Crippen LogP contribution in [0.5, 0.6) is 0 Å². The Labute approximate surface area is 144 Å². The Hall–Kier alpha value is -2.48. The van der Waals surface area contributed by atoms with Crippen LogP contribution in [0, 0.1) is 20.8 Å². The normalized spacial score (nSPS) is 11.0. The highest BCUT2D eigenvalue weighted by atomic mass is 32.1. The summed E-state index contributed by atoms with van der Waals surface area (Å²) < 4.78 is 4.46. The summed E-state index contributed by atoms with van der Waals surface area (Å²) in [5.74, 6) is 0.676. The first-order valence-corrected chi connectivity index (χ1v) is 8.23. The maximum atomic E-state index is 11.9. The number of aromatic nitrogens is 2. The van der Waals surface area contributed by atoms with Crippen molar-refractivity contribution in [2.24, 2.45) is 0 Å². The van der Waals surface area contributed by atoms with Gasteiger partial charge in [0.2, 0.25) is 5.91 Å². The van der Waals surface area contributed by atoms with E-state index in [1.165, 1.54) is 24.1 Å². The number of ether oxygens (including phenoxy) is 1. The second-order valence-electron chi connectivity index (χ2n) is 5.17. The van der Waals surface area contributed by atoms with Crippen LogP contribution in [0.4, 0.5) is 5.82 Å². The smallest absolute Gasteiger partial charge is 0.330 e. The lowest BCUT2D eigenvalue weighted by Gasteiger charge is -2.08. The quantitative estimate of drug-likeness (QED) is 0.611. The number of methoxy groups -OCH3 is 1. The molecule has 0 spiro atoms. The predicted octanol–water partition coefficient (Wildman–Crippen LogP) is 1.87. The van der Waals surface area contributed by atoms with Crippen LogP contribution in [0.15, 0.2) is 12.2 Å². The first-order valence-electron chi connectivity index (χ1n) is 7.41. The summed E-state index contributed by atoms with van der Waals surface area (Å²) in [7, 11) is 1.30. The van der Waals surface area contributed by atoms with Gasteiger partial charge in [-0.05, 0) is 26.3 Å². The van der Waals surface area contributed by atoms with E-state index in [1.807, 2.05) is 20.8 Å². The fourth-order valence-electron chi connectivity index (χ4n) is 2.11. The summed E-state index contributed by atoms with van der Waals surface area (Å²) in [5.41, 5.74) is 1.12. The SMILES string of the molecule is COC(=O)/C=C/CNC(=O)CNc1nc(C)nc2sc(C)c(C)c12. The molecule has 0 bridgehead atoms. The van der Waals surface area contributed by atoms with Crippen molar-refractivity contribution < 1.29 is 14.3 Å². The van der Waals surface area contributed by atoms with Gasteiger partial charge in [0.1, 0.15) is 16.5 Å². The Morgan fingerprint density at radius 1 is 1.25 bits per heavy atom. The van der Waals surface area contributed by atoms with Gasteiger partial charge in [-0.1, -0.05) is 6.08 Å². The zero-order valence-electron chi connectivity index (χ0n) is 14.1. The number of thiophene rings is 1. The van der Waals surface area contributed by atoms with E-state index in [9.17, 15) is 9.59 Å². The average molecular weight is 348 g/mol. The van der Waals surface area contributed by atoms with Gasteiger partial charge in [0.25, 0.3) is 0 Å². The molecule has 0 fully saturated rings. The molecule has 24 heavy (non-hydrogen) atoms. The molecular weight excluding hydrogens is 328 g/mol. The maximum Gasteiger partial charge on any atom is 0.330 e. The fraction of sp³-hybridized carbons (Fsp3) is 0.375. The van der Waals surface area contributed by atoms with Crippen LogP contribution in [0.25, 0.3) is 10.2 Å². The summed E-state index contributed by atoms with van der Waals surface area (Å²) >= 11 is 1.62. The molecule has 2 N–H and O–H groups in total. The number of rotatable bonds is 6. The van der Waals surface area contributed by atoms with Gasteiger partial charge in [-0.3, -0.25) is 4.79 Å². The lowest BCUT2D eigenvalue weighted by molar-refractivity contribution is -0.134. The Morgan fingerprint density at radius 2 is 2.00 bits per heavy atom. The van der Waals surface area contributed by atoms with Crippen molar-refractivity contribution in [1.29, 1.82) is 0 Å². The van der Waals surface area contributed by atoms with E-state index in [4.69, 9.17) is 0 Å². The molecule has 0 saturated carbocycles. The number of anilines is 1. The highest BCUT2D eigenvalue weighted by Gasteiger charge is 2.13. The van der Waals surface area contributed by atoms with Crippen LogP contribution in [0.2, 0.25) is 0 Å². The van der Waals surface area contributed by atoms with E-state index in [1.54, 1.807) is 11.3 Å². The van der Waals surface area contributed by atoms with Gasteiger partial charge in [0.05, 0.1) is 19.0 Å². The molecule has 0 saturated heterocycles. The summed E-state index contributed by atoms with van der Waals surface area (Å²) in [5, 5.41) is 6.71. The molecule has 0 atom stereocenters. The fourth-order valence-corrected chi connectivity index (χ4v) is 3.18. The highest BCUT2D eigenvalue weighted by Crippen LogP contribution is 2.32. The highest BCUT2D eigenvalue weighted by molar-refractivity contribution is 7.18. The Kier molecular flexibility index (Phi) is 5.86. The van der Waals surface area contributed by atoms with Gasteiger partial charge in [-0.15, -0.1) is 11.3 Å². The second kappa shape index (κ2) is 7.87. The first kappa shape index (κ1) is 17.9. The van der Waals surface area contributed by atoms with Gasteiger partial charge in [0, 0.05) is 17.5 Å². The number of nitrogens with zero attached hydrogens (tertiary/aromatic N) is 2. The zero-order valence-corrected chi connectivity index (χ0v) is 14.9. The van der Waals surface area contributed by atoms with Crippen molar-refractivity contribution in [3.8, 4) is 0 Å². The van der Waals surface area contributed by atoms with Crippen LogP contribution in [-0.4, -0.2) is 42.0 Å². The van der Waals surface area contributed by atoms with E-state index in [0.29, 0.717) is 11.6 Å². The molecule has 2 rings (SSSR count). The molecule has 2 aromatic heterocycles. The van der Waals surface area contributed by atoms with Crippen LogP contribution in [-0.2, 0) is 14.3 Å². The van der Waals surface area contributed by atoms with E-state index in [2.05, 4.69) is 25.3 Å². The van der Waals surface area contributed by atoms with Crippen LogP contribution < -0.4 is 10.6 Å². The molecule has 0 aliphatic carbocycles. The minimum atomic E-state index is -0.454. The lowest BCUT2D eigenvalue weighted by Crippen LogP contribution is -2.30. The summed E-state index contributed by atoms with van der Waals surface area (Å²) in [6.45, 7) is 6.24. The number of fused-ring (bicyclic) bond motifs is 1. The second-order valence-corrected chi connectivity index (χ2v) is 6.37. The van der Waals surface area contributed by atoms with Gasteiger partial charge in [0.15, 0.2) is 0 Å². The van der Waals surface area contributed by atoms with E-state index in [0.717, 1.165) is 15.8 Å².